The molecule has 0 N–H and O–H groups in total. The maximum atomic E-state index is 11.6. The lowest BCUT2D eigenvalue weighted by molar-refractivity contribution is -0.181. The molecule has 0 bridgehead atoms. The van der Waals surface area contributed by atoms with Crippen LogP contribution < -0.4 is 0 Å². The summed E-state index contributed by atoms with van der Waals surface area (Å²) in [5.41, 5.74) is -0.873. The van der Waals surface area contributed by atoms with Gasteiger partial charge in [0.25, 0.3) is 6.29 Å². The summed E-state index contributed by atoms with van der Waals surface area (Å²) in [5.74, 6) is -1.41. The van der Waals surface area contributed by atoms with Crippen molar-refractivity contribution in [3.05, 3.63) is 12.2 Å². The summed E-state index contributed by atoms with van der Waals surface area (Å²) in [6.45, 7) is 6.88. The maximum absolute atomic E-state index is 11.6. The van der Waals surface area contributed by atoms with Crippen molar-refractivity contribution >= 4 is 11.9 Å². The van der Waals surface area contributed by atoms with Gasteiger partial charge in [0.05, 0.1) is 12.0 Å². The number of carbonyl (C=O) groups excluding carboxylic acids is 2. The van der Waals surface area contributed by atoms with Crippen LogP contribution in [0.2, 0.25) is 0 Å². The monoisotopic (exact) mass is 235 g/mol. The number of carbonyl (C=O) groups is 2. The van der Waals surface area contributed by atoms with Crippen LogP contribution in [-0.2, 0) is 19.1 Å². The molecule has 4 unspecified atom stereocenters. The average molecular weight is 235 g/mol. The molecule has 0 aromatic heterocycles. The van der Waals surface area contributed by atoms with Crippen LogP contribution >= 0.6 is 0 Å². The minimum absolute atomic E-state index is 0.129. The summed E-state index contributed by atoms with van der Waals surface area (Å²) < 4.78 is 10.0. The highest BCUT2D eigenvalue weighted by molar-refractivity contribution is 5.88. The van der Waals surface area contributed by atoms with Gasteiger partial charge in [0.1, 0.15) is 0 Å². The second-order valence-electron chi connectivity index (χ2n) is 4.75. The van der Waals surface area contributed by atoms with Gasteiger partial charge in [-0.05, 0) is 19.3 Å². The lowest BCUT2D eigenvalue weighted by Gasteiger charge is -2.41. The predicted octanol–water partition coefficient (Wildman–Crippen LogP) is 1.15. The largest absolute Gasteiger partial charge is 0.424 e. The zero-order chi connectivity index (χ0) is 12.8. The van der Waals surface area contributed by atoms with E-state index in [1.165, 1.54) is 6.92 Å². The first kappa shape index (κ1) is 11.6. The Hall–Kier alpha value is -1.83. The van der Waals surface area contributed by atoms with Crippen LogP contribution in [0.3, 0.4) is 0 Å². The molecule has 2 fully saturated rings. The Morgan fingerprint density at radius 1 is 1.71 bits per heavy atom. The van der Waals surface area contributed by atoms with E-state index in [-0.39, 0.29) is 17.4 Å². The van der Waals surface area contributed by atoms with E-state index >= 15 is 0 Å². The molecule has 0 radical (unpaired) electrons. The molecule has 0 spiro atoms. The molecule has 1 heterocycles. The van der Waals surface area contributed by atoms with E-state index in [1.54, 1.807) is 0 Å². The van der Waals surface area contributed by atoms with Crippen LogP contribution in [-0.4, -0.2) is 18.2 Å². The maximum Gasteiger partial charge on any atom is 0.336 e. The third-order valence-electron chi connectivity index (χ3n) is 3.48. The molecule has 90 valence electrons. The Labute approximate surface area is 99.0 Å². The van der Waals surface area contributed by atoms with E-state index in [9.17, 15) is 9.59 Å². The molecule has 4 atom stereocenters. The van der Waals surface area contributed by atoms with Crippen molar-refractivity contribution in [2.45, 2.75) is 26.6 Å². The Morgan fingerprint density at radius 3 is 2.82 bits per heavy atom. The third-order valence-corrected chi connectivity index (χ3v) is 3.48. The van der Waals surface area contributed by atoms with Gasteiger partial charge in [0, 0.05) is 5.57 Å². The Bertz CT molecular complexity index is 450. The van der Waals surface area contributed by atoms with E-state index in [0.717, 1.165) is 0 Å². The molecule has 0 amide bonds. The van der Waals surface area contributed by atoms with Crippen molar-refractivity contribution in [1.82, 2.24) is 0 Å². The fourth-order valence-corrected chi connectivity index (χ4v) is 2.57. The van der Waals surface area contributed by atoms with Gasteiger partial charge in [0.15, 0.2) is 5.41 Å². The molecule has 1 aliphatic carbocycles. The molecule has 1 aliphatic heterocycles. The van der Waals surface area contributed by atoms with Crippen LogP contribution in [0.15, 0.2) is 12.2 Å². The summed E-state index contributed by atoms with van der Waals surface area (Å²) in [6, 6.07) is 2.00. The lowest BCUT2D eigenvalue weighted by atomic mass is 9.56. The summed E-state index contributed by atoms with van der Waals surface area (Å²) in [7, 11) is 0. The summed E-state index contributed by atoms with van der Waals surface area (Å²) >= 11 is 0. The van der Waals surface area contributed by atoms with Crippen LogP contribution in [0.4, 0.5) is 0 Å². The van der Waals surface area contributed by atoms with E-state index in [2.05, 4.69) is 6.58 Å². The fourth-order valence-electron chi connectivity index (χ4n) is 2.57. The quantitative estimate of drug-likeness (QED) is 0.530. The summed E-state index contributed by atoms with van der Waals surface area (Å²) in [5, 5.41) is 9.09. The first-order chi connectivity index (χ1) is 7.92. The minimum atomic E-state index is -1.11. The molecule has 0 aromatic carbocycles. The van der Waals surface area contributed by atoms with Crippen molar-refractivity contribution in [3.63, 3.8) is 0 Å². The van der Waals surface area contributed by atoms with Gasteiger partial charge >= 0.3 is 11.9 Å². The highest BCUT2D eigenvalue weighted by Gasteiger charge is 2.69. The Balaban J connectivity index is 2.18. The molecule has 0 aromatic rings. The number of hydrogen-bond acceptors (Lipinski definition) is 5. The van der Waals surface area contributed by atoms with Crippen molar-refractivity contribution in [3.8, 4) is 6.07 Å². The molecular weight excluding hydrogens is 222 g/mol. The molecule has 5 heteroatoms. The standard InChI is InChI=1S/C12H13NO4/c1-6(2)9(14)16-10-8-7(3)4-12(8,5-13)11(15)17-10/h7-8,10H,1,4H2,2-3H3. The first-order valence-corrected chi connectivity index (χ1v) is 5.41. The number of cyclic esters (lactones) is 1. The number of esters is 2. The van der Waals surface area contributed by atoms with E-state index in [1.807, 2.05) is 13.0 Å². The molecule has 1 saturated carbocycles. The summed E-state index contributed by atoms with van der Waals surface area (Å²) in [6.07, 6.45) is -0.483. The van der Waals surface area contributed by atoms with Gasteiger partial charge in [-0.2, -0.15) is 5.26 Å². The Morgan fingerprint density at radius 2 is 2.35 bits per heavy atom. The minimum Gasteiger partial charge on any atom is -0.424 e. The van der Waals surface area contributed by atoms with Gasteiger partial charge in [-0.25, -0.2) is 4.79 Å². The number of nitriles is 1. The van der Waals surface area contributed by atoms with Crippen LogP contribution in [0.1, 0.15) is 20.3 Å². The predicted molar refractivity (Wildman–Crippen MR) is 56.1 cm³/mol. The lowest BCUT2D eigenvalue weighted by Crippen LogP contribution is -2.49. The first-order valence-electron chi connectivity index (χ1n) is 5.41. The van der Waals surface area contributed by atoms with Gasteiger partial charge < -0.3 is 9.47 Å². The summed E-state index contributed by atoms with van der Waals surface area (Å²) in [4.78, 5) is 23.0. The molecular formula is C12H13NO4. The van der Waals surface area contributed by atoms with Crippen LogP contribution in [0, 0.1) is 28.6 Å². The normalized spacial score (nSPS) is 38.4. The molecule has 1 saturated heterocycles. The average Bonchev–Trinajstić information content (AvgIpc) is 2.45. The molecule has 2 rings (SSSR count). The second kappa shape index (κ2) is 3.59. The number of hydrogen-bond donors (Lipinski definition) is 0. The highest BCUT2D eigenvalue weighted by Crippen LogP contribution is 2.58. The molecule has 2 aliphatic rings. The fraction of sp³-hybridized carbons (Fsp3) is 0.583. The zero-order valence-electron chi connectivity index (χ0n) is 9.73. The molecule has 17 heavy (non-hydrogen) atoms. The number of rotatable bonds is 2. The number of nitrogens with zero attached hydrogens (tertiary/aromatic N) is 1. The van der Waals surface area contributed by atoms with Gasteiger partial charge in [-0.15, -0.1) is 0 Å². The van der Waals surface area contributed by atoms with Gasteiger partial charge in [0.2, 0.25) is 0 Å². The van der Waals surface area contributed by atoms with Crippen molar-refractivity contribution in [1.29, 1.82) is 5.26 Å². The smallest absolute Gasteiger partial charge is 0.336 e. The van der Waals surface area contributed by atoms with Gasteiger partial charge in [-0.1, -0.05) is 13.5 Å². The van der Waals surface area contributed by atoms with Crippen molar-refractivity contribution < 1.29 is 19.1 Å². The van der Waals surface area contributed by atoms with Crippen LogP contribution in [0.25, 0.3) is 0 Å². The Kier molecular flexibility index (Phi) is 2.46. The van der Waals surface area contributed by atoms with Crippen molar-refractivity contribution in [2.75, 3.05) is 0 Å². The number of fused-ring (bicyclic) bond motifs is 1. The van der Waals surface area contributed by atoms with E-state index in [0.29, 0.717) is 6.42 Å². The zero-order valence-corrected chi connectivity index (χ0v) is 9.73. The van der Waals surface area contributed by atoms with Crippen LogP contribution in [0.5, 0.6) is 0 Å². The van der Waals surface area contributed by atoms with Crippen molar-refractivity contribution in [2.24, 2.45) is 17.3 Å². The SMILES string of the molecule is C=C(C)C(=O)OC1OC(=O)C2(C#N)CC(C)C12. The number of ether oxygens (including phenoxy) is 2. The van der Waals surface area contributed by atoms with E-state index < -0.39 is 23.6 Å². The molecule has 5 nitrogen and oxygen atoms in total. The highest BCUT2D eigenvalue weighted by atomic mass is 16.7. The van der Waals surface area contributed by atoms with Gasteiger partial charge in [-0.3, -0.25) is 4.79 Å². The second-order valence-corrected chi connectivity index (χ2v) is 4.75. The topological polar surface area (TPSA) is 76.4 Å². The van der Waals surface area contributed by atoms with E-state index in [4.69, 9.17) is 14.7 Å². The third kappa shape index (κ3) is 1.44.